The van der Waals surface area contributed by atoms with Gasteiger partial charge in [0.2, 0.25) is 0 Å². The Labute approximate surface area is 279 Å². The smallest absolute Gasteiger partial charge is 0.338 e. The number of hydrogen-bond acceptors (Lipinski definition) is 7. The highest BCUT2D eigenvalue weighted by molar-refractivity contribution is 6.07. The van der Waals surface area contributed by atoms with Gasteiger partial charge in [0, 0.05) is 49.1 Å². The van der Waals surface area contributed by atoms with Gasteiger partial charge in [0.1, 0.15) is 5.92 Å². The third-order valence-corrected chi connectivity index (χ3v) is 9.01. The lowest BCUT2D eigenvalue weighted by Crippen LogP contribution is -2.52. The molecule has 3 unspecified atom stereocenters. The molecule has 0 aromatic heterocycles. The first kappa shape index (κ1) is 33.8. The lowest BCUT2D eigenvalue weighted by Gasteiger charge is -2.42. The number of nitrogens with zero attached hydrogens (tertiary/aromatic N) is 3. The summed E-state index contributed by atoms with van der Waals surface area (Å²) in [6.07, 6.45) is 5.62. The molecule has 0 saturated carbocycles. The largest absolute Gasteiger partial charge is 0.462 e. The Morgan fingerprint density at radius 3 is 2.02 bits per heavy atom. The molecule has 47 heavy (non-hydrogen) atoms. The van der Waals surface area contributed by atoms with Gasteiger partial charge in [-0.15, -0.1) is 6.42 Å². The second kappa shape index (κ2) is 15.4. The van der Waals surface area contributed by atoms with Crippen molar-refractivity contribution in [1.29, 1.82) is 0 Å². The third kappa shape index (κ3) is 7.73. The quantitative estimate of drug-likeness (QED) is 0.182. The summed E-state index contributed by atoms with van der Waals surface area (Å²) >= 11 is 0. The molecule has 1 saturated heterocycles. The molecule has 1 fully saturated rings. The molecular weight excluding hydrogens is 586 g/mol. The number of rotatable bonds is 10. The van der Waals surface area contributed by atoms with Crippen LogP contribution in [0.1, 0.15) is 75.3 Å². The topological polar surface area (TPSA) is 71.4 Å². The van der Waals surface area contributed by atoms with Crippen LogP contribution in [0.3, 0.4) is 0 Å². The van der Waals surface area contributed by atoms with E-state index in [1.807, 2.05) is 64.1 Å². The van der Waals surface area contributed by atoms with E-state index in [2.05, 4.69) is 69.2 Å². The first-order valence-corrected chi connectivity index (χ1v) is 16.5. The van der Waals surface area contributed by atoms with Crippen LogP contribution in [0, 0.1) is 18.3 Å². The molecule has 2 aliphatic heterocycles. The number of piperazine rings is 1. The molecule has 0 aliphatic carbocycles. The summed E-state index contributed by atoms with van der Waals surface area (Å²) in [4.78, 5) is 37.2. The van der Waals surface area contributed by atoms with E-state index >= 15 is 0 Å². The zero-order chi connectivity index (χ0) is 33.5. The SMILES string of the molecule is C#Cc1cccc(C2C(C(=O)OC(CC)N3CCN(C(c4ccccc4)c4ccccc4)CC3)=C(C)N=C(C)C2C(=O)OC(C)C)c1. The van der Waals surface area contributed by atoms with Crippen molar-refractivity contribution in [2.75, 3.05) is 26.2 Å². The minimum atomic E-state index is -0.784. The zero-order valence-corrected chi connectivity index (χ0v) is 28.1. The van der Waals surface area contributed by atoms with Crippen LogP contribution in [0.15, 0.2) is 101 Å². The highest BCUT2D eigenvalue weighted by atomic mass is 16.6. The maximum atomic E-state index is 14.2. The molecule has 3 aromatic carbocycles. The Morgan fingerprint density at radius 2 is 1.47 bits per heavy atom. The minimum absolute atomic E-state index is 0.139. The first-order valence-electron chi connectivity index (χ1n) is 16.5. The molecule has 0 amide bonds. The fourth-order valence-corrected chi connectivity index (χ4v) is 6.87. The van der Waals surface area contributed by atoms with E-state index in [-0.39, 0.29) is 12.1 Å². The Bertz CT molecular complexity index is 1610. The van der Waals surface area contributed by atoms with Crippen molar-refractivity contribution in [2.45, 2.75) is 65.3 Å². The standard InChI is InChI=1S/C40H45N3O4/c1-7-30-16-15-21-33(26-30)37-35(39(44)46-27(3)4)28(5)41-29(6)36(37)40(45)47-34(8-2)42-22-24-43(25-23-42)38(31-17-11-9-12-18-31)32-19-13-10-14-20-32/h1,9-21,26-27,34-35,37-38H,8,22-25H2,2-6H3. The Kier molecular flexibility index (Phi) is 11.1. The average Bonchev–Trinajstić information content (AvgIpc) is 3.08. The number of hydrogen-bond donors (Lipinski definition) is 0. The van der Waals surface area contributed by atoms with Crippen LogP contribution in [-0.2, 0) is 19.1 Å². The van der Waals surface area contributed by atoms with E-state index in [4.69, 9.17) is 15.9 Å². The molecule has 0 radical (unpaired) electrons. The molecule has 5 rings (SSSR count). The number of carbonyl (C=O) groups is 2. The lowest BCUT2D eigenvalue weighted by atomic mass is 9.75. The maximum absolute atomic E-state index is 14.2. The lowest BCUT2D eigenvalue weighted by molar-refractivity contribution is -0.157. The molecular formula is C40H45N3O4. The van der Waals surface area contributed by atoms with Gasteiger partial charge in [0.15, 0.2) is 6.23 Å². The molecule has 3 aromatic rings. The summed E-state index contributed by atoms with van der Waals surface area (Å²) in [6.45, 7) is 12.4. The highest BCUT2D eigenvalue weighted by Crippen LogP contribution is 2.41. The summed E-state index contributed by atoms with van der Waals surface area (Å²) in [5.41, 5.74) is 5.42. The van der Waals surface area contributed by atoms with Gasteiger partial charge in [0.25, 0.3) is 0 Å². The molecule has 3 atom stereocenters. The molecule has 2 heterocycles. The minimum Gasteiger partial charge on any atom is -0.462 e. The van der Waals surface area contributed by atoms with Crippen molar-refractivity contribution < 1.29 is 19.1 Å². The molecule has 7 nitrogen and oxygen atoms in total. The average molecular weight is 632 g/mol. The monoisotopic (exact) mass is 631 g/mol. The van der Waals surface area contributed by atoms with Crippen molar-refractivity contribution in [3.63, 3.8) is 0 Å². The second-order valence-corrected chi connectivity index (χ2v) is 12.5. The normalized spacial score (nSPS) is 19.7. The van der Waals surface area contributed by atoms with Crippen LogP contribution in [0.2, 0.25) is 0 Å². The Hall–Kier alpha value is -4.51. The van der Waals surface area contributed by atoms with E-state index in [9.17, 15) is 9.59 Å². The van der Waals surface area contributed by atoms with Crippen molar-refractivity contribution in [3.05, 3.63) is 118 Å². The first-order chi connectivity index (χ1) is 22.7. The summed E-state index contributed by atoms with van der Waals surface area (Å²) < 4.78 is 12.0. The second-order valence-electron chi connectivity index (χ2n) is 12.5. The summed E-state index contributed by atoms with van der Waals surface area (Å²) in [5, 5.41) is 0. The van der Waals surface area contributed by atoms with Gasteiger partial charge < -0.3 is 9.47 Å². The van der Waals surface area contributed by atoms with Gasteiger partial charge in [-0.1, -0.05) is 85.6 Å². The Balaban J connectivity index is 1.38. The molecule has 0 bridgehead atoms. The van der Waals surface area contributed by atoms with Crippen molar-refractivity contribution >= 4 is 17.7 Å². The molecule has 0 spiro atoms. The van der Waals surface area contributed by atoms with Crippen LogP contribution in [0.4, 0.5) is 0 Å². The van der Waals surface area contributed by atoms with Crippen molar-refractivity contribution in [2.24, 2.45) is 10.9 Å². The van der Waals surface area contributed by atoms with Crippen molar-refractivity contribution in [3.8, 4) is 12.3 Å². The van der Waals surface area contributed by atoms with Gasteiger partial charge in [-0.05, 0) is 62.9 Å². The summed E-state index contributed by atoms with van der Waals surface area (Å²) in [6, 6.07) is 28.8. The molecule has 244 valence electrons. The van der Waals surface area contributed by atoms with E-state index in [1.54, 1.807) is 6.92 Å². The number of ether oxygens (including phenoxy) is 2. The van der Waals surface area contributed by atoms with Gasteiger partial charge >= 0.3 is 11.9 Å². The van der Waals surface area contributed by atoms with E-state index < -0.39 is 30.0 Å². The molecule has 2 aliphatic rings. The van der Waals surface area contributed by atoms with E-state index in [0.717, 1.165) is 31.7 Å². The zero-order valence-electron chi connectivity index (χ0n) is 28.1. The van der Waals surface area contributed by atoms with Gasteiger partial charge in [-0.2, -0.15) is 0 Å². The van der Waals surface area contributed by atoms with Crippen molar-refractivity contribution in [1.82, 2.24) is 9.80 Å². The van der Waals surface area contributed by atoms with Crippen LogP contribution in [0.5, 0.6) is 0 Å². The predicted molar refractivity (Wildman–Crippen MR) is 186 cm³/mol. The summed E-state index contributed by atoms with van der Waals surface area (Å²) in [5.74, 6) is 0.345. The fourth-order valence-electron chi connectivity index (χ4n) is 6.87. The van der Waals surface area contributed by atoms with Crippen LogP contribution in [0.25, 0.3) is 0 Å². The Morgan fingerprint density at radius 1 is 0.872 bits per heavy atom. The fraction of sp³-hybridized carbons (Fsp3) is 0.375. The number of carbonyl (C=O) groups excluding carboxylic acids is 2. The summed E-state index contributed by atoms with van der Waals surface area (Å²) in [7, 11) is 0. The van der Waals surface area contributed by atoms with Gasteiger partial charge in [0.05, 0.1) is 17.7 Å². The number of esters is 2. The number of aliphatic imine (C=N–C) groups is 1. The van der Waals surface area contributed by atoms with E-state index in [1.165, 1.54) is 11.1 Å². The predicted octanol–water partition coefficient (Wildman–Crippen LogP) is 6.75. The number of terminal acetylenes is 1. The van der Waals surface area contributed by atoms with E-state index in [0.29, 0.717) is 29.0 Å². The maximum Gasteiger partial charge on any atom is 0.338 e. The highest BCUT2D eigenvalue weighted by Gasteiger charge is 2.43. The number of benzene rings is 3. The van der Waals surface area contributed by atoms with Crippen LogP contribution >= 0.6 is 0 Å². The number of allylic oxidation sites excluding steroid dienone is 1. The van der Waals surface area contributed by atoms with Gasteiger partial charge in [-0.3, -0.25) is 19.6 Å². The molecule has 0 N–H and O–H groups in total. The van der Waals surface area contributed by atoms with Crippen LogP contribution in [-0.4, -0.2) is 66.0 Å². The van der Waals surface area contributed by atoms with Crippen LogP contribution < -0.4 is 0 Å². The van der Waals surface area contributed by atoms with Gasteiger partial charge in [-0.25, -0.2) is 4.79 Å². The third-order valence-electron chi connectivity index (χ3n) is 9.01. The molecule has 7 heteroatoms.